The van der Waals surface area contributed by atoms with E-state index in [9.17, 15) is 14.7 Å². The molecule has 0 aliphatic heterocycles. The van der Waals surface area contributed by atoms with Crippen molar-refractivity contribution in [1.29, 1.82) is 0 Å². The molecule has 1 amide bonds. The van der Waals surface area contributed by atoms with E-state index in [0.29, 0.717) is 5.69 Å². The standard InChI is InChI=1S/C17H16N2O3S/c1-8-18-12-7-11(4-5-13(12)23-8)19-16(20)14-9-2-3-10(6-9)15(14)17(21)22/h2-5,7,9-10,14-15H,6H2,1H3,(H,19,20)(H,21,22). The molecule has 1 aromatic carbocycles. The third-order valence-corrected chi connectivity index (χ3v) is 5.76. The van der Waals surface area contributed by atoms with Crippen LogP contribution in [0.25, 0.3) is 10.2 Å². The highest BCUT2D eigenvalue weighted by molar-refractivity contribution is 7.18. The van der Waals surface area contributed by atoms with Crippen molar-refractivity contribution in [2.24, 2.45) is 23.7 Å². The number of rotatable bonds is 3. The van der Waals surface area contributed by atoms with Gasteiger partial charge in [0, 0.05) is 5.69 Å². The van der Waals surface area contributed by atoms with Crippen molar-refractivity contribution in [3.63, 3.8) is 0 Å². The summed E-state index contributed by atoms with van der Waals surface area (Å²) in [6, 6.07) is 5.62. The van der Waals surface area contributed by atoms with Gasteiger partial charge in [-0.3, -0.25) is 9.59 Å². The number of aromatic nitrogens is 1. The number of benzene rings is 1. The molecule has 23 heavy (non-hydrogen) atoms. The number of allylic oxidation sites excluding steroid dienone is 2. The smallest absolute Gasteiger partial charge is 0.307 e. The molecule has 1 heterocycles. The van der Waals surface area contributed by atoms with Crippen LogP contribution in [-0.4, -0.2) is 22.0 Å². The number of anilines is 1. The molecule has 4 atom stereocenters. The number of nitrogens with one attached hydrogen (secondary N) is 1. The third-order valence-electron chi connectivity index (χ3n) is 4.81. The van der Waals surface area contributed by atoms with Crippen molar-refractivity contribution in [1.82, 2.24) is 4.98 Å². The van der Waals surface area contributed by atoms with Crippen molar-refractivity contribution < 1.29 is 14.7 Å². The van der Waals surface area contributed by atoms with Gasteiger partial charge in [0.2, 0.25) is 5.91 Å². The Bertz CT molecular complexity index is 841. The molecule has 4 rings (SSSR count). The van der Waals surface area contributed by atoms with Gasteiger partial charge in [-0.05, 0) is 43.4 Å². The topological polar surface area (TPSA) is 79.3 Å². The minimum Gasteiger partial charge on any atom is -0.481 e. The monoisotopic (exact) mass is 328 g/mol. The Hall–Kier alpha value is -2.21. The average molecular weight is 328 g/mol. The number of carbonyl (C=O) groups excluding carboxylic acids is 1. The first-order chi connectivity index (χ1) is 11.0. The maximum absolute atomic E-state index is 12.6. The summed E-state index contributed by atoms with van der Waals surface area (Å²) in [6.45, 7) is 1.95. The van der Waals surface area contributed by atoms with Gasteiger partial charge < -0.3 is 10.4 Å². The SMILES string of the molecule is Cc1nc2cc(NC(=O)C3C4C=CC(C4)C3C(=O)O)ccc2s1. The van der Waals surface area contributed by atoms with Gasteiger partial charge in [-0.25, -0.2) is 4.98 Å². The molecule has 5 nitrogen and oxygen atoms in total. The Kier molecular flexibility index (Phi) is 3.23. The van der Waals surface area contributed by atoms with Gasteiger partial charge >= 0.3 is 5.97 Å². The van der Waals surface area contributed by atoms with Gasteiger partial charge in [0.15, 0.2) is 0 Å². The van der Waals surface area contributed by atoms with Gasteiger partial charge in [0.1, 0.15) is 0 Å². The van der Waals surface area contributed by atoms with E-state index in [1.807, 2.05) is 37.3 Å². The van der Waals surface area contributed by atoms with E-state index in [4.69, 9.17) is 0 Å². The fourth-order valence-electron chi connectivity index (χ4n) is 3.86. The zero-order valence-electron chi connectivity index (χ0n) is 12.5. The van der Waals surface area contributed by atoms with Crippen LogP contribution in [0.3, 0.4) is 0 Å². The van der Waals surface area contributed by atoms with Crippen LogP contribution in [-0.2, 0) is 9.59 Å². The molecular weight excluding hydrogens is 312 g/mol. The number of hydrogen-bond donors (Lipinski definition) is 2. The minimum atomic E-state index is -0.882. The van der Waals surface area contributed by atoms with Crippen molar-refractivity contribution in [3.05, 3.63) is 35.4 Å². The number of carboxylic acids is 1. The second-order valence-electron chi connectivity index (χ2n) is 6.24. The highest BCUT2D eigenvalue weighted by Gasteiger charge is 2.51. The molecule has 0 radical (unpaired) electrons. The first kappa shape index (κ1) is 14.4. The first-order valence-electron chi connectivity index (χ1n) is 7.62. The number of thiazole rings is 1. The molecule has 2 N–H and O–H groups in total. The fraction of sp³-hybridized carbons (Fsp3) is 0.353. The number of carbonyl (C=O) groups is 2. The normalized spacial score (nSPS) is 28.4. The third kappa shape index (κ3) is 2.34. The van der Waals surface area contributed by atoms with E-state index in [2.05, 4.69) is 10.3 Å². The molecule has 2 aromatic rings. The summed E-state index contributed by atoms with van der Waals surface area (Å²) >= 11 is 1.61. The van der Waals surface area contributed by atoms with Crippen LogP contribution >= 0.6 is 11.3 Å². The summed E-state index contributed by atoms with van der Waals surface area (Å²) < 4.78 is 1.08. The summed E-state index contributed by atoms with van der Waals surface area (Å²) in [4.78, 5) is 28.6. The van der Waals surface area contributed by atoms with Gasteiger partial charge in [-0.1, -0.05) is 12.2 Å². The Morgan fingerprint density at radius 1 is 1.26 bits per heavy atom. The van der Waals surface area contributed by atoms with E-state index < -0.39 is 17.8 Å². The lowest BCUT2D eigenvalue weighted by molar-refractivity contribution is -0.146. The molecule has 1 saturated carbocycles. The van der Waals surface area contributed by atoms with Gasteiger partial charge in [0.25, 0.3) is 0 Å². The highest BCUT2D eigenvalue weighted by Crippen LogP contribution is 2.48. The van der Waals surface area contributed by atoms with E-state index >= 15 is 0 Å². The molecule has 6 heteroatoms. The zero-order chi connectivity index (χ0) is 16.1. The Morgan fingerprint density at radius 2 is 2.00 bits per heavy atom. The summed E-state index contributed by atoms with van der Waals surface area (Å²) in [6.07, 6.45) is 4.69. The van der Waals surface area contributed by atoms with Crippen molar-refractivity contribution in [2.45, 2.75) is 13.3 Å². The largest absolute Gasteiger partial charge is 0.481 e. The van der Waals surface area contributed by atoms with Crippen LogP contribution < -0.4 is 5.32 Å². The fourth-order valence-corrected chi connectivity index (χ4v) is 4.67. The van der Waals surface area contributed by atoms with Crippen molar-refractivity contribution in [3.8, 4) is 0 Å². The number of aryl methyl sites for hydroxylation is 1. The molecule has 1 fully saturated rings. The lowest BCUT2D eigenvalue weighted by Crippen LogP contribution is -2.36. The zero-order valence-corrected chi connectivity index (χ0v) is 13.3. The van der Waals surface area contributed by atoms with E-state index in [1.165, 1.54) is 0 Å². The van der Waals surface area contributed by atoms with Gasteiger partial charge in [-0.15, -0.1) is 11.3 Å². The van der Waals surface area contributed by atoms with Gasteiger partial charge in [0.05, 0.1) is 27.1 Å². The maximum Gasteiger partial charge on any atom is 0.307 e. The molecule has 2 bridgehead atoms. The van der Waals surface area contributed by atoms with Crippen LogP contribution in [0.1, 0.15) is 11.4 Å². The molecule has 2 aliphatic carbocycles. The van der Waals surface area contributed by atoms with Crippen LogP contribution in [0.4, 0.5) is 5.69 Å². The Balaban J connectivity index is 1.58. The maximum atomic E-state index is 12.6. The van der Waals surface area contributed by atoms with Crippen molar-refractivity contribution in [2.75, 3.05) is 5.32 Å². The van der Waals surface area contributed by atoms with E-state index in [1.54, 1.807) is 11.3 Å². The Morgan fingerprint density at radius 3 is 2.74 bits per heavy atom. The van der Waals surface area contributed by atoms with E-state index in [-0.39, 0.29) is 17.7 Å². The average Bonchev–Trinajstić information content (AvgIpc) is 3.18. The quantitative estimate of drug-likeness (QED) is 0.849. The van der Waals surface area contributed by atoms with E-state index in [0.717, 1.165) is 21.6 Å². The number of amides is 1. The van der Waals surface area contributed by atoms with Crippen LogP contribution in [0.15, 0.2) is 30.4 Å². The molecule has 2 aliphatic rings. The summed E-state index contributed by atoms with van der Waals surface area (Å²) in [5.74, 6) is -2.18. The molecule has 4 unspecified atom stereocenters. The summed E-state index contributed by atoms with van der Waals surface area (Å²) in [5, 5.41) is 13.3. The molecule has 118 valence electrons. The number of nitrogens with zero attached hydrogens (tertiary/aromatic N) is 1. The number of hydrogen-bond acceptors (Lipinski definition) is 4. The molecule has 0 spiro atoms. The van der Waals surface area contributed by atoms with Crippen molar-refractivity contribution >= 4 is 39.1 Å². The molecule has 0 saturated heterocycles. The lowest BCUT2D eigenvalue weighted by Gasteiger charge is -2.23. The second kappa shape index (κ2) is 5.16. The predicted molar refractivity (Wildman–Crippen MR) is 88.3 cm³/mol. The number of aliphatic carboxylic acids is 1. The first-order valence-corrected chi connectivity index (χ1v) is 8.44. The van der Waals surface area contributed by atoms with Crippen LogP contribution in [0.2, 0.25) is 0 Å². The summed E-state index contributed by atoms with van der Waals surface area (Å²) in [7, 11) is 0. The summed E-state index contributed by atoms with van der Waals surface area (Å²) in [5.41, 5.74) is 1.52. The van der Waals surface area contributed by atoms with Crippen LogP contribution in [0.5, 0.6) is 0 Å². The molecule has 1 aromatic heterocycles. The lowest BCUT2D eigenvalue weighted by atomic mass is 9.82. The minimum absolute atomic E-state index is 0.0167. The predicted octanol–water partition coefficient (Wildman–Crippen LogP) is 3.07. The Labute approximate surface area is 137 Å². The molecular formula is C17H16N2O3S. The van der Waals surface area contributed by atoms with Gasteiger partial charge in [-0.2, -0.15) is 0 Å². The number of fused-ring (bicyclic) bond motifs is 3. The second-order valence-corrected chi connectivity index (χ2v) is 7.48. The van der Waals surface area contributed by atoms with Crippen LogP contribution in [0, 0.1) is 30.6 Å². The highest BCUT2D eigenvalue weighted by atomic mass is 32.1. The number of carboxylic acid groups (broad SMARTS) is 1.